The first-order valence-electron chi connectivity index (χ1n) is 7.98. The van der Waals surface area contributed by atoms with Crippen molar-refractivity contribution in [2.24, 2.45) is 0 Å². The summed E-state index contributed by atoms with van der Waals surface area (Å²) in [6.45, 7) is 0.700. The lowest BCUT2D eigenvalue weighted by atomic mass is 10.00. The number of carbonyl (C=O) groups excluding carboxylic acids is 2. The summed E-state index contributed by atoms with van der Waals surface area (Å²) in [6, 6.07) is 2.53. The molecule has 126 valence electrons. The molecular formula is C16H22N2O4S. The van der Waals surface area contributed by atoms with E-state index in [1.165, 1.54) is 18.4 Å². The lowest BCUT2D eigenvalue weighted by Gasteiger charge is -2.36. The molecule has 2 aliphatic rings. The van der Waals surface area contributed by atoms with Crippen LogP contribution in [0, 0.1) is 0 Å². The van der Waals surface area contributed by atoms with Crippen molar-refractivity contribution < 1.29 is 19.4 Å². The number of methoxy groups -OCH3 is 1. The number of nitrogens with one attached hydrogen (secondary N) is 1. The standard InChI is InChI=1S/C16H22N2O4S/c1-22-16(21)15-13(5-7-23-15)17-14(20)4-6-18-10-2-3-11(18)9-12(19)8-10/h5,7,10-12,19H,2-4,6,8-9H2,1H3,(H,17,20)/t10-,11+,12?. The van der Waals surface area contributed by atoms with Crippen molar-refractivity contribution in [3.63, 3.8) is 0 Å². The van der Waals surface area contributed by atoms with Crippen molar-refractivity contribution in [3.8, 4) is 0 Å². The topological polar surface area (TPSA) is 78.9 Å². The van der Waals surface area contributed by atoms with Gasteiger partial charge in [-0.2, -0.15) is 0 Å². The predicted octanol–water partition coefficient (Wildman–Crippen LogP) is 1.85. The maximum atomic E-state index is 12.2. The zero-order valence-corrected chi connectivity index (χ0v) is 14.0. The van der Waals surface area contributed by atoms with Gasteiger partial charge in [-0.15, -0.1) is 11.3 Å². The number of aliphatic hydroxyl groups excluding tert-OH is 1. The van der Waals surface area contributed by atoms with Gasteiger partial charge in [-0.25, -0.2) is 4.79 Å². The van der Waals surface area contributed by atoms with Crippen LogP contribution in [-0.4, -0.2) is 53.7 Å². The van der Waals surface area contributed by atoms with Gasteiger partial charge >= 0.3 is 5.97 Å². The number of hydrogen-bond donors (Lipinski definition) is 2. The largest absolute Gasteiger partial charge is 0.465 e. The molecule has 3 heterocycles. The van der Waals surface area contributed by atoms with Crippen LogP contribution >= 0.6 is 11.3 Å². The Morgan fingerprint density at radius 3 is 2.74 bits per heavy atom. The molecule has 0 aromatic carbocycles. The summed E-state index contributed by atoms with van der Waals surface area (Å²) in [5, 5.41) is 14.4. The second-order valence-corrected chi connectivity index (χ2v) is 7.12. The number of nitrogens with zero attached hydrogens (tertiary/aromatic N) is 1. The fourth-order valence-electron chi connectivity index (χ4n) is 3.71. The van der Waals surface area contributed by atoms with Gasteiger partial charge in [0.1, 0.15) is 4.88 Å². The number of hydrogen-bond acceptors (Lipinski definition) is 6. The molecule has 2 N–H and O–H groups in total. The first-order chi connectivity index (χ1) is 11.1. The van der Waals surface area contributed by atoms with E-state index in [2.05, 4.69) is 10.2 Å². The van der Waals surface area contributed by atoms with Crippen LogP contribution in [0.5, 0.6) is 0 Å². The Morgan fingerprint density at radius 2 is 2.09 bits per heavy atom. The Bertz CT molecular complexity index is 574. The Labute approximate surface area is 139 Å². The predicted molar refractivity (Wildman–Crippen MR) is 87.7 cm³/mol. The molecule has 23 heavy (non-hydrogen) atoms. The van der Waals surface area contributed by atoms with Gasteiger partial charge < -0.3 is 15.2 Å². The third kappa shape index (κ3) is 3.57. The van der Waals surface area contributed by atoms with Crippen LogP contribution in [0.2, 0.25) is 0 Å². The summed E-state index contributed by atoms with van der Waals surface area (Å²) in [5.41, 5.74) is 0.517. The summed E-state index contributed by atoms with van der Waals surface area (Å²) < 4.78 is 4.71. The smallest absolute Gasteiger partial charge is 0.350 e. The Balaban J connectivity index is 1.53. The van der Waals surface area contributed by atoms with E-state index >= 15 is 0 Å². The normalized spacial score (nSPS) is 27.0. The van der Waals surface area contributed by atoms with E-state index in [0.29, 0.717) is 35.6 Å². The number of thiophene rings is 1. The van der Waals surface area contributed by atoms with Gasteiger partial charge in [0.15, 0.2) is 0 Å². The monoisotopic (exact) mass is 338 g/mol. The second-order valence-electron chi connectivity index (χ2n) is 6.20. The lowest BCUT2D eigenvalue weighted by Crippen LogP contribution is -2.45. The minimum Gasteiger partial charge on any atom is -0.465 e. The summed E-state index contributed by atoms with van der Waals surface area (Å²) in [5.74, 6) is -0.530. The van der Waals surface area contributed by atoms with Gasteiger partial charge in [0, 0.05) is 25.0 Å². The number of aliphatic hydroxyl groups is 1. The van der Waals surface area contributed by atoms with E-state index in [-0.39, 0.29) is 12.0 Å². The molecule has 2 bridgehead atoms. The number of rotatable bonds is 5. The Kier molecular flexibility index (Phi) is 4.99. The van der Waals surface area contributed by atoms with E-state index in [9.17, 15) is 14.7 Å². The molecule has 1 amide bonds. The van der Waals surface area contributed by atoms with Gasteiger partial charge in [-0.1, -0.05) is 0 Å². The molecule has 2 fully saturated rings. The Hall–Kier alpha value is -1.44. The van der Waals surface area contributed by atoms with Crippen molar-refractivity contribution in [3.05, 3.63) is 16.3 Å². The van der Waals surface area contributed by atoms with Gasteiger partial charge in [0.25, 0.3) is 0 Å². The summed E-state index contributed by atoms with van der Waals surface area (Å²) in [6.07, 6.45) is 4.05. The zero-order chi connectivity index (χ0) is 16.4. The van der Waals surface area contributed by atoms with Gasteiger partial charge in [-0.05, 0) is 37.1 Å². The van der Waals surface area contributed by atoms with Crippen molar-refractivity contribution in [2.45, 2.75) is 50.3 Å². The van der Waals surface area contributed by atoms with Crippen LogP contribution in [-0.2, 0) is 9.53 Å². The van der Waals surface area contributed by atoms with E-state index < -0.39 is 5.97 Å². The Morgan fingerprint density at radius 1 is 1.39 bits per heavy atom. The molecule has 1 aromatic heterocycles. The maximum Gasteiger partial charge on any atom is 0.350 e. The highest BCUT2D eigenvalue weighted by molar-refractivity contribution is 7.12. The molecule has 3 rings (SSSR count). The summed E-state index contributed by atoms with van der Waals surface area (Å²) in [7, 11) is 1.33. The minimum atomic E-state index is -0.432. The first-order valence-corrected chi connectivity index (χ1v) is 8.86. The highest BCUT2D eigenvalue weighted by Gasteiger charge is 2.39. The van der Waals surface area contributed by atoms with E-state index in [1.54, 1.807) is 11.4 Å². The SMILES string of the molecule is COC(=O)c1sccc1NC(=O)CCN1[C@@H]2CC[C@H]1CC(O)C2. The number of carbonyl (C=O) groups is 2. The average Bonchev–Trinajstić information content (AvgIpc) is 3.07. The number of esters is 1. The van der Waals surface area contributed by atoms with Crippen molar-refractivity contribution in [2.75, 3.05) is 19.0 Å². The molecular weight excluding hydrogens is 316 g/mol. The van der Waals surface area contributed by atoms with Gasteiger partial charge in [0.05, 0.1) is 18.9 Å². The first kappa shape index (κ1) is 16.4. The van der Waals surface area contributed by atoms with E-state index in [1.807, 2.05) is 0 Å². The average molecular weight is 338 g/mol. The van der Waals surface area contributed by atoms with Crippen LogP contribution in [0.3, 0.4) is 0 Å². The molecule has 0 aliphatic carbocycles. The van der Waals surface area contributed by atoms with Crippen molar-refractivity contribution >= 4 is 28.9 Å². The molecule has 6 nitrogen and oxygen atoms in total. The number of amides is 1. The highest BCUT2D eigenvalue weighted by Crippen LogP contribution is 2.35. The molecule has 3 atom stereocenters. The molecule has 7 heteroatoms. The van der Waals surface area contributed by atoms with E-state index in [4.69, 9.17) is 4.74 Å². The molecule has 0 spiro atoms. The van der Waals surface area contributed by atoms with Crippen LogP contribution < -0.4 is 5.32 Å². The quantitative estimate of drug-likeness (QED) is 0.801. The lowest BCUT2D eigenvalue weighted by molar-refractivity contribution is -0.116. The fourth-order valence-corrected chi connectivity index (χ4v) is 4.48. The second kappa shape index (κ2) is 6.98. The van der Waals surface area contributed by atoms with E-state index in [0.717, 1.165) is 25.7 Å². The van der Waals surface area contributed by atoms with Crippen LogP contribution in [0.1, 0.15) is 41.8 Å². The third-order valence-electron chi connectivity index (χ3n) is 4.77. The number of ether oxygens (including phenoxy) is 1. The number of piperidine rings is 1. The minimum absolute atomic E-state index is 0.0981. The summed E-state index contributed by atoms with van der Waals surface area (Å²) in [4.78, 5) is 26.6. The molecule has 0 radical (unpaired) electrons. The summed E-state index contributed by atoms with van der Waals surface area (Å²) >= 11 is 1.25. The third-order valence-corrected chi connectivity index (χ3v) is 5.66. The number of anilines is 1. The molecule has 1 aromatic rings. The van der Waals surface area contributed by atoms with Gasteiger partial charge in [-0.3, -0.25) is 9.69 Å². The zero-order valence-electron chi connectivity index (χ0n) is 13.2. The van der Waals surface area contributed by atoms with Crippen molar-refractivity contribution in [1.82, 2.24) is 4.90 Å². The molecule has 1 unspecified atom stereocenters. The van der Waals surface area contributed by atoms with Crippen LogP contribution in [0.15, 0.2) is 11.4 Å². The maximum absolute atomic E-state index is 12.2. The van der Waals surface area contributed by atoms with Crippen LogP contribution in [0.4, 0.5) is 5.69 Å². The number of fused-ring (bicyclic) bond motifs is 2. The van der Waals surface area contributed by atoms with Crippen LogP contribution in [0.25, 0.3) is 0 Å². The molecule has 0 saturated carbocycles. The highest BCUT2D eigenvalue weighted by atomic mass is 32.1. The molecule has 2 aliphatic heterocycles. The van der Waals surface area contributed by atoms with Crippen molar-refractivity contribution in [1.29, 1.82) is 0 Å². The fraction of sp³-hybridized carbons (Fsp3) is 0.625. The van der Waals surface area contributed by atoms with Gasteiger partial charge in [0.2, 0.25) is 5.91 Å². The molecule has 2 saturated heterocycles.